The molecule has 6 heteroatoms. The molecule has 3 aromatic heterocycles. The third kappa shape index (κ3) is 3.60. The number of thiophene rings is 1. The molecule has 0 bridgehead atoms. The fourth-order valence-corrected chi connectivity index (χ4v) is 4.52. The Bertz CT molecular complexity index is 731. The van der Waals surface area contributed by atoms with Crippen LogP contribution in [-0.4, -0.2) is 37.5 Å². The van der Waals surface area contributed by atoms with E-state index in [1.165, 1.54) is 42.0 Å². The Balaban J connectivity index is 1.39. The molecule has 3 aromatic rings. The number of hydrogen-bond donors (Lipinski definition) is 1. The second-order valence-electron chi connectivity index (χ2n) is 6.41. The van der Waals surface area contributed by atoms with Crippen LogP contribution in [0.5, 0.6) is 0 Å². The Hall–Kier alpha value is -1.92. The van der Waals surface area contributed by atoms with Gasteiger partial charge in [-0.15, -0.1) is 11.3 Å². The van der Waals surface area contributed by atoms with Crippen molar-refractivity contribution in [3.05, 3.63) is 47.7 Å². The lowest BCUT2D eigenvalue weighted by molar-refractivity contribution is 0.128. The minimum Gasteiger partial charge on any atom is -0.295 e. The van der Waals surface area contributed by atoms with Gasteiger partial charge in [0.2, 0.25) is 0 Å². The van der Waals surface area contributed by atoms with Crippen LogP contribution in [0.15, 0.2) is 42.9 Å². The summed E-state index contributed by atoms with van der Waals surface area (Å²) in [5, 5.41) is 11.4. The van der Waals surface area contributed by atoms with E-state index in [4.69, 9.17) is 0 Å². The molecule has 0 amide bonds. The van der Waals surface area contributed by atoms with Crippen LogP contribution < -0.4 is 0 Å². The monoisotopic (exact) mass is 341 g/mol. The van der Waals surface area contributed by atoms with Gasteiger partial charge in [0.15, 0.2) is 0 Å². The smallest absolute Gasteiger partial charge is 0.0749 e. The van der Waals surface area contributed by atoms with Gasteiger partial charge in [-0.1, -0.05) is 6.42 Å². The van der Waals surface area contributed by atoms with E-state index in [-0.39, 0.29) is 0 Å². The summed E-state index contributed by atoms with van der Waals surface area (Å²) in [7, 11) is 0. The lowest BCUT2D eigenvalue weighted by Crippen LogP contribution is -2.39. The third-order valence-corrected chi connectivity index (χ3v) is 5.89. The van der Waals surface area contributed by atoms with Crippen LogP contribution in [0, 0.1) is 0 Å². The van der Waals surface area contributed by atoms with Crippen LogP contribution >= 0.6 is 11.3 Å². The Morgan fingerprint density at radius 2 is 2.21 bits per heavy atom. The molecule has 1 fully saturated rings. The molecule has 1 aliphatic heterocycles. The van der Waals surface area contributed by atoms with Gasteiger partial charge >= 0.3 is 0 Å². The minimum atomic E-state index is 0.667. The van der Waals surface area contributed by atoms with Crippen LogP contribution in [0.3, 0.4) is 0 Å². The summed E-state index contributed by atoms with van der Waals surface area (Å²) in [5.41, 5.74) is 1.11. The predicted molar refractivity (Wildman–Crippen MR) is 96.8 cm³/mol. The summed E-state index contributed by atoms with van der Waals surface area (Å²) >= 11 is 1.87. The van der Waals surface area contributed by atoms with Gasteiger partial charge in [-0.25, -0.2) is 0 Å². The van der Waals surface area contributed by atoms with Crippen molar-refractivity contribution in [2.24, 2.45) is 0 Å². The van der Waals surface area contributed by atoms with Crippen molar-refractivity contribution in [3.8, 4) is 10.6 Å². The van der Waals surface area contributed by atoms with Crippen molar-refractivity contribution in [1.29, 1.82) is 0 Å². The second-order valence-corrected chi connectivity index (χ2v) is 7.58. The molecule has 126 valence electrons. The average molecular weight is 341 g/mol. The average Bonchev–Trinajstić information content (AvgIpc) is 3.36. The van der Waals surface area contributed by atoms with Crippen LogP contribution in [0.4, 0.5) is 0 Å². The van der Waals surface area contributed by atoms with E-state index in [0.29, 0.717) is 6.04 Å². The number of hydrogen-bond acceptors (Lipinski definition) is 4. The van der Waals surface area contributed by atoms with Gasteiger partial charge in [0.1, 0.15) is 0 Å². The molecule has 0 unspecified atom stereocenters. The highest BCUT2D eigenvalue weighted by Crippen LogP contribution is 2.29. The maximum Gasteiger partial charge on any atom is 0.0749 e. The van der Waals surface area contributed by atoms with Crippen LogP contribution in [-0.2, 0) is 13.1 Å². The zero-order chi connectivity index (χ0) is 16.2. The lowest BCUT2D eigenvalue weighted by atomic mass is 9.99. The Morgan fingerprint density at radius 3 is 3.04 bits per heavy atom. The van der Waals surface area contributed by atoms with E-state index in [0.717, 1.165) is 18.8 Å². The summed E-state index contributed by atoms with van der Waals surface area (Å²) in [6.45, 7) is 3.28. The number of likely N-dealkylation sites (tertiary alicyclic amines) is 1. The number of aromatic nitrogens is 4. The maximum atomic E-state index is 4.33. The summed E-state index contributed by atoms with van der Waals surface area (Å²) < 4.78 is 2.05. The number of rotatable bonds is 6. The molecule has 0 saturated carbocycles. The molecule has 1 aliphatic rings. The van der Waals surface area contributed by atoms with E-state index in [9.17, 15) is 0 Å². The van der Waals surface area contributed by atoms with Crippen molar-refractivity contribution in [2.45, 2.75) is 44.8 Å². The predicted octanol–water partition coefficient (Wildman–Crippen LogP) is 3.78. The standard InChI is InChI=1S/C18H23N5S/c1-2-11-22(15(4-1)8-13-23-12-3-9-20-23)14-16-5-6-18(24-16)17-7-10-19-21-17/h3,5-7,9-10,12,15H,1-2,4,8,11,13-14H2,(H,19,21)/t15-/m0/s1. The summed E-state index contributed by atoms with van der Waals surface area (Å²) in [6, 6.07) is 9.17. The Morgan fingerprint density at radius 1 is 1.21 bits per heavy atom. The highest BCUT2D eigenvalue weighted by Gasteiger charge is 2.23. The topological polar surface area (TPSA) is 49.7 Å². The number of aromatic amines is 1. The number of H-pyrrole nitrogens is 1. The van der Waals surface area contributed by atoms with Gasteiger partial charge in [-0.05, 0) is 50.1 Å². The van der Waals surface area contributed by atoms with E-state index in [1.54, 1.807) is 0 Å². The number of piperidine rings is 1. The molecule has 4 rings (SSSR count). The highest BCUT2D eigenvalue weighted by atomic mass is 32.1. The first-order valence-corrected chi connectivity index (χ1v) is 9.50. The van der Waals surface area contributed by atoms with Crippen LogP contribution in [0.25, 0.3) is 10.6 Å². The molecule has 0 aliphatic carbocycles. The lowest BCUT2D eigenvalue weighted by Gasteiger charge is -2.35. The van der Waals surface area contributed by atoms with Crippen LogP contribution in [0.2, 0.25) is 0 Å². The highest BCUT2D eigenvalue weighted by molar-refractivity contribution is 7.15. The molecule has 0 spiro atoms. The molecule has 0 radical (unpaired) electrons. The van der Waals surface area contributed by atoms with Crippen molar-refractivity contribution >= 4 is 11.3 Å². The number of nitrogens with one attached hydrogen (secondary N) is 1. The van der Waals surface area contributed by atoms with Crippen molar-refractivity contribution < 1.29 is 0 Å². The Kier molecular flexibility index (Phi) is 4.76. The fourth-order valence-electron chi connectivity index (χ4n) is 3.51. The normalized spacial score (nSPS) is 18.9. The van der Waals surface area contributed by atoms with Crippen LogP contribution in [0.1, 0.15) is 30.6 Å². The molecular weight excluding hydrogens is 318 g/mol. The first kappa shape index (κ1) is 15.6. The molecular formula is C18H23N5S. The van der Waals surface area contributed by atoms with Gasteiger partial charge in [0.05, 0.1) is 10.6 Å². The molecule has 1 N–H and O–H groups in total. The van der Waals surface area contributed by atoms with Crippen molar-refractivity contribution in [2.75, 3.05) is 6.54 Å². The minimum absolute atomic E-state index is 0.667. The number of nitrogens with zero attached hydrogens (tertiary/aromatic N) is 4. The van der Waals surface area contributed by atoms with Gasteiger partial charge in [0, 0.05) is 42.6 Å². The fraction of sp³-hybridized carbons (Fsp3) is 0.444. The molecule has 4 heterocycles. The molecule has 5 nitrogen and oxygen atoms in total. The largest absolute Gasteiger partial charge is 0.295 e. The van der Waals surface area contributed by atoms with Gasteiger partial charge in [0.25, 0.3) is 0 Å². The summed E-state index contributed by atoms with van der Waals surface area (Å²) in [4.78, 5) is 5.37. The number of aryl methyl sites for hydroxylation is 1. The molecule has 0 aromatic carbocycles. The third-order valence-electron chi connectivity index (χ3n) is 4.79. The van der Waals surface area contributed by atoms with E-state index >= 15 is 0 Å². The zero-order valence-corrected chi connectivity index (χ0v) is 14.6. The first-order chi connectivity index (χ1) is 11.9. The van der Waals surface area contributed by atoms with Crippen molar-refractivity contribution in [1.82, 2.24) is 24.9 Å². The quantitative estimate of drug-likeness (QED) is 0.742. The molecule has 24 heavy (non-hydrogen) atoms. The van der Waals surface area contributed by atoms with Crippen molar-refractivity contribution in [3.63, 3.8) is 0 Å². The zero-order valence-electron chi connectivity index (χ0n) is 13.8. The second kappa shape index (κ2) is 7.32. The summed E-state index contributed by atoms with van der Waals surface area (Å²) in [6.07, 6.45) is 10.9. The van der Waals surface area contributed by atoms with E-state index < -0.39 is 0 Å². The molecule has 1 atom stereocenters. The van der Waals surface area contributed by atoms with Gasteiger partial charge < -0.3 is 0 Å². The maximum absolute atomic E-state index is 4.33. The van der Waals surface area contributed by atoms with Gasteiger partial charge in [-0.2, -0.15) is 10.2 Å². The molecule has 1 saturated heterocycles. The Labute approximate surface area is 146 Å². The SMILES string of the molecule is c1cnn(CC[C@@H]2CCCCN2Cc2ccc(-c3ccn[nH]3)s2)c1. The van der Waals surface area contributed by atoms with E-state index in [1.807, 2.05) is 40.5 Å². The first-order valence-electron chi connectivity index (χ1n) is 8.68. The summed E-state index contributed by atoms with van der Waals surface area (Å²) in [5.74, 6) is 0. The van der Waals surface area contributed by atoms with Gasteiger partial charge in [-0.3, -0.25) is 14.7 Å². The van der Waals surface area contributed by atoms with E-state index in [2.05, 4.69) is 38.5 Å².